The van der Waals surface area contributed by atoms with Gasteiger partial charge >= 0.3 is 0 Å². The summed E-state index contributed by atoms with van der Waals surface area (Å²) in [4.78, 5) is 25.9. The lowest BCUT2D eigenvalue weighted by Crippen LogP contribution is -2.45. The van der Waals surface area contributed by atoms with E-state index in [1.54, 1.807) is 13.0 Å². The third-order valence-electron chi connectivity index (χ3n) is 3.51. The molecule has 5 heteroatoms. The van der Waals surface area contributed by atoms with Gasteiger partial charge in [0.1, 0.15) is 11.9 Å². The first-order chi connectivity index (χ1) is 9.86. The number of aryl methyl sites for hydroxylation is 1. The van der Waals surface area contributed by atoms with Crippen LogP contribution in [0.1, 0.15) is 32.3 Å². The second kappa shape index (κ2) is 6.24. The fraction of sp³-hybridized carbons (Fsp3) is 0.500. The Morgan fingerprint density at radius 3 is 2.67 bits per heavy atom. The summed E-state index contributed by atoms with van der Waals surface area (Å²) >= 11 is 0. The number of benzene rings is 1. The van der Waals surface area contributed by atoms with E-state index in [4.69, 9.17) is 0 Å². The Bertz CT molecular complexity index is 537. The van der Waals surface area contributed by atoms with Crippen LogP contribution in [0, 0.1) is 18.7 Å². The zero-order valence-electron chi connectivity index (χ0n) is 12.6. The van der Waals surface area contributed by atoms with E-state index >= 15 is 0 Å². The standard InChI is InChI=1S/C16H21FN2O2/c1-10(2)6-14-16(21)19(5-4-15(20)18-14)13-8-11(3)7-12(17)9-13/h7-10,14H,4-6H2,1-3H3,(H,18,20). The third-order valence-corrected chi connectivity index (χ3v) is 3.51. The van der Waals surface area contributed by atoms with E-state index < -0.39 is 6.04 Å². The van der Waals surface area contributed by atoms with Crippen LogP contribution in [0.15, 0.2) is 18.2 Å². The molecule has 0 radical (unpaired) electrons. The number of nitrogens with one attached hydrogen (secondary N) is 1. The van der Waals surface area contributed by atoms with E-state index in [1.807, 2.05) is 13.8 Å². The molecule has 0 aromatic heterocycles. The van der Waals surface area contributed by atoms with Crippen LogP contribution in [0.25, 0.3) is 0 Å². The van der Waals surface area contributed by atoms with Gasteiger partial charge in [0.25, 0.3) is 0 Å². The van der Waals surface area contributed by atoms with Gasteiger partial charge in [-0.1, -0.05) is 13.8 Å². The van der Waals surface area contributed by atoms with E-state index in [1.165, 1.54) is 17.0 Å². The minimum Gasteiger partial charge on any atom is -0.344 e. The van der Waals surface area contributed by atoms with Gasteiger partial charge in [-0.15, -0.1) is 0 Å². The Morgan fingerprint density at radius 1 is 1.33 bits per heavy atom. The summed E-state index contributed by atoms with van der Waals surface area (Å²) in [6.07, 6.45) is 0.811. The number of hydrogen-bond donors (Lipinski definition) is 1. The molecule has 1 aromatic carbocycles. The fourth-order valence-electron chi connectivity index (χ4n) is 2.60. The third kappa shape index (κ3) is 3.80. The summed E-state index contributed by atoms with van der Waals surface area (Å²) in [6.45, 7) is 6.06. The second-order valence-corrected chi connectivity index (χ2v) is 5.98. The molecule has 2 amide bonds. The second-order valence-electron chi connectivity index (χ2n) is 5.98. The average molecular weight is 292 g/mol. The maximum Gasteiger partial charge on any atom is 0.249 e. The lowest BCUT2D eigenvalue weighted by Gasteiger charge is -2.25. The number of rotatable bonds is 3. The van der Waals surface area contributed by atoms with Crippen molar-refractivity contribution in [3.05, 3.63) is 29.6 Å². The van der Waals surface area contributed by atoms with Gasteiger partial charge in [-0.05, 0) is 43.0 Å². The highest BCUT2D eigenvalue weighted by atomic mass is 19.1. The van der Waals surface area contributed by atoms with Crippen molar-refractivity contribution in [1.82, 2.24) is 5.32 Å². The smallest absolute Gasteiger partial charge is 0.249 e. The normalized spacial score (nSPS) is 19.7. The zero-order valence-corrected chi connectivity index (χ0v) is 12.6. The van der Waals surface area contributed by atoms with Crippen molar-refractivity contribution in [3.8, 4) is 0 Å². The summed E-state index contributed by atoms with van der Waals surface area (Å²) in [5.41, 5.74) is 1.27. The molecule has 0 saturated carbocycles. The van der Waals surface area contributed by atoms with Gasteiger partial charge < -0.3 is 10.2 Å². The van der Waals surface area contributed by atoms with Gasteiger partial charge in [-0.2, -0.15) is 0 Å². The first-order valence-electron chi connectivity index (χ1n) is 7.24. The molecule has 1 saturated heterocycles. The number of halogens is 1. The first kappa shape index (κ1) is 15.5. The van der Waals surface area contributed by atoms with Crippen LogP contribution < -0.4 is 10.2 Å². The van der Waals surface area contributed by atoms with E-state index in [0.29, 0.717) is 12.1 Å². The van der Waals surface area contributed by atoms with Crippen LogP contribution >= 0.6 is 0 Å². The van der Waals surface area contributed by atoms with Gasteiger partial charge in [-0.3, -0.25) is 9.59 Å². The molecule has 1 heterocycles. The van der Waals surface area contributed by atoms with Crippen LogP contribution in [0.2, 0.25) is 0 Å². The summed E-state index contributed by atoms with van der Waals surface area (Å²) < 4.78 is 13.6. The predicted octanol–water partition coefficient (Wildman–Crippen LogP) is 2.40. The van der Waals surface area contributed by atoms with Gasteiger partial charge in [0, 0.05) is 18.7 Å². The number of anilines is 1. The highest BCUT2D eigenvalue weighted by Gasteiger charge is 2.31. The molecule has 0 spiro atoms. The van der Waals surface area contributed by atoms with E-state index in [0.717, 1.165) is 5.56 Å². The minimum absolute atomic E-state index is 0.135. The molecule has 0 aliphatic carbocycles. The summed E-state index contributed by atoms with van der Waals surface area (Å²) in [5, 5.41) is 2.77. The molecule has 1 atom stereocenters. The van der Waals surface area contributed by atoms with Crippen LogP contribution in [0.3, 0.4) is 0 Å². The minimum atomic E-state index is -0.538. The van der Waals surface area contributed by atoms with Crippen molar-refractivity contribution in [1.29, 1.82) is 0 Å². The Balaban J connectivity index is 2.32. The Labute approximate surface area is 124 Å². The van der Waals surface area contributed by atoms with Crippen LogP contribution in [-0.2, 0) is 9.59 Å². The fourth-order valence-corrected chi connectivity index (χ4v) is 2.60. The molecule has 1 aromatic rings. The molecule has 1 aliphatic rings. The maximum absolute atomic E-state index is 13.6. The van der Waals surface area contributed by atoms with Gasteiger partial charge in [-0.25, -0.2) is 4.39 Å². The quantitative estimate of drug-likeness (QED) is 0.930. The van der Waals surface area contributed by atoms with Crippen molar-refractivity contribution in [2.24, 2.45) is 5.92 Å². The summed E-state index contributed by atoms with van der Waals surface area (Å²) in [7, 11) is 0. The Morgan fingerprint density at radius 2 is 2.05 bits per heavy atom. The molecule has 21 heavy (non-hydrogen) atoms. The van der Waals surface area contributed by atoms with Crippen molar-refractivity contribution < 1.29 is 14.0 Å². The van der Waals surface area contributed by atoms with Gasteiger partial charge in [0.2, 0.25) is 11.8 Å². The maximum atomic E-state index is 13.6. The molecule has 1 unspecified atom stereocenters. The molecule has 4 nitrogen and oxygen atoms in total. The van der Waals surface area contributed by atoms with Gasteiger partial charge in [0.05, 0.1) is 0 Å². The molecule has 1 N–H and O–H groups in total. The summed E-state index contributed by atoms with van der Waals surface area (Å²) in [5.74, 6) is -0.389. The highest BCUT2D eigenvalue weighted by molar-refractivity contribution is 6.01. The lowest BCUT2D eigenvalue weighted by atomic mass is 10.0. The zero-order chi connectivity index (χ0) is 15.6. The van der Waals surface area contributed by atoms with Crippen molar-refractivity contribution >= 4 is 17.5 Å². The van der Waals surface area contributed by atoms with Crippen molar-refractivity contribution in [3.63, 3.8) is 0 Å². The molecular formula is C16H21FN2O2. The number of carbonyl (C=O) groups excluding carboxylic acids is 2. The van der Waals surface area contributed by atoms with Crippen molar-refractivity contribution in [2.75, 3.05) is 11.4 Å². The van der Waals surface area contributed by atoms with Crippen molar-refractivity contribution in [2.45, 2.75) is 39.7 Å². The van der Waals surface area contributed by atoms with E-state index in [2.05, 4.69) is 5.32 Å². The van der Waals surface area contributed by atoms with E-state index in [9.17, 15) is 14.0 Å². The molecular weight excluding hydrogens is 271 g/mol. The Kier molecular flexibility index (Phi) is 4.60. The lowest BCUT2D eigenvalue weighted by molar-refractivity contribution is -0.125. The summed E-state index contributed by atoms with van der Waals surface area (Å²) in [6, 6.07) is 3.99. The first-order valence-corrected chi connectivity index (χ1v) is 7.24. The van der Waals surface area contributed by atoms with Crippen LogP contribution in [0.4, 0.5) is 10.1 Å². The monoisotopic (exact) mass is 292 g/mol. The highest BCUT2D eigenvalue weighted by Crippen LogP contribution is 2.22. The topological polar surface area (TPSA) is 49.4 Å². The average Bonchev–Trinajstić information content (AvgIpc) is 2.48. The number of amides is 2. The molecule has 1 fully saturated rings. The van der Waals surface area contributed by atoms with Crippen LogP contribution in [-0.4, -0.2) is 24.4 Å². The Hall–Kier alpha value is -1.91. The predicted molar refractivity (Wildman–Crippen MR) is 79.5 cm³/mol. The molecule has 2 rings (SSSR count). The van der Waals surface area contributed by atoms with Gasteiger partial charge in [0.15, 0.2) is 0 Å². The molecule has 1 aliphatic heterocycles. The number of nitrogens with zero attached hydrogens (tertiary/aromatic N) is 1. The molecule has 114 valence electrons. The SMILES string of the molecule is Cc1cc(F)cc(N2CCC(=O)NC(CC(C)C)C2=O)c1. The number of carbonyl (C=O) groups is 2. The number of hydrogen-bond acceptors (Lipinski definition) is 2. The largest absolute Gasteiger partial charge is 0.344 e. The molecule has 0 bridgehead atoms. The van der Waals surface area contributed by atoms with E-state index in [-0.39, 0.29) is 36.5 Å². The van der Waals surface area contributed by atoms with Crippen LogP contribution in [0.5, 0.6) is 0 Å².